The third kappa shape index (κ3) is 5.88. The number of hydrogen-bond acceptors (Lipinski definition) is 8. The van der Waals surface area contributed by atoms with Crippen molar-refractivity contribution in [3.8, 4) is 34.4 Å². The van der Waals surface area contributed by atoms with Gasteiger partial charge >= 0.3 is 5.97 Å². The van der Waals surface area contributed by atoms with Gasteiger partial charge in [-0.15, -0.1) is 0 Å². The lowest BCUT2D eigenvalue weighted by Crippen LogP contribution is -2.36. The van der Waals surface area contributed by atoms with Gasteiger partial charge < -0.3 is 33.6 Å². The summed E-state index contributed by atoms with van der Waals surface area (Å²) in [5.74, 6) is -1.38. The molecule has 3 aliphatic rings. The van der Waals surface area contributed by atoms with Gasteiger partial charge in [-0.3, -0.25) is 14.4 Å². The summed E-state index contributed by atoms with van der Waals surface area (Å²) in [6.45, 7) is 5.15. The van der Waals surface area contributed by atoms with E-state index in [0.717, 1.165) is 25.7 Å². The average Bonchev–Trinajstić information content (AvgIpc) is 3.69. The Bertz CT molecular complexity index is 2590. The zero-order valence-corrected chi connectivity index (χ0v) is 28.5. The van der Waals surface area contributed by atoms with Crippen LogP contribution >= 0.6 is 0 Å². The van der Waals surface area contributed by atoms with Crippen LogP contribution in [-0.4, -0.2) is 58.7 Å². The van der Waals surface area contributed by atoms with E-state index in [0.29, 0.717) is 40.5 Å². The van der Waals surface area contributed by atoms with Crippen molar-refractivity contribution in [2.75, 3.05) is 32.8 Å². The molecule has 1 N–H and O–H groups in total. The summed E-state index contributed by atoms with van der Waals surface area (Å²) in [7, 11) is 0. The minimum absolute atomic E-state index is 0.000656. The molecule has 0 bridgehead atoms. The second-order valence-electron chi connectivity index (χ2n) is 12.7. The Morgan fingerprint density at radius 2 is 1.25 bits per heavy atom. The molecule has 13 heteroatoms. The van der Waals surface area contributed by atoms with Crippen LogP contribution in [0.2, 0.25) is 0 Å². The Morgan fingerprint density at radius 1 is 0.736 bits per heavy atom. The molecule has 1 fully saturated rings. The van der Waals surface area contributed by atoms with Gasteiger partial charge in [0.2, 0.25) is 10.9 Å². The van der Waals surface area contributed by atoms with Crippen LogP contribution in [0.5, 0.6) is 23.0 Å². The number of carbonyl (C=O) groups excluding carboxylic acids is 2. The number of para-hydroxylation sites is 4. The SMILES string of the molecule is CCOC(=O)c1cn2c3c(c(F)ccc3c1=O)Oc1ccccc1-2.O=C(NCCN1CCCC1)c1cn2c3c(c(F)ccc3c1=O)Oc1ccccc1-2. The molecule has 268 valence electrons. The minimum Gasteiger partial charge on any atom is -0.462 e. The Hall–Kier alpha value is -6.34. The van der Waals surface area contributed by atoms with E-state index >= 15 is 0 Å². The van der Waals surface area contributed by atoms with Gasteiger partial charge in [0.05, 0.1) is 28.8 Å². The quantitative estimate of drug-likeness (QED) is 0.194. The molecule has 0 radical (unpaired) electrons. The number of likely N-dealkylation sites (tertiary alicyclic amines) is 1. The molecular weight excluding hydrogens is 686 g/mol. The lowest BCUT2D eigenvalue weighted by atomic mass is 10.1. The number of ether oxygens (including phenoxy) is 3. The van der Waals surface area contributed by atoms with E-state index in [1.807, 2.05) is 12.1 Å². The fourth-order valence-electron chi connectivity index (χ4n) is 6.96. The smallest absolute Gasteiger partial charge is 0.343 e. The molecule has 0 saturated carbocycles. The summed E-state index contributed by atoms with van der Waals surface area (Å²) < 4.78 is 48.2. The second-order valence-corrected chi connectivity index (χ2v) is 12.7. The van der Waals surface area contributed by atoms with Gasteiger partial charge in [-0.2, -0.15) is 0 Å². The molecular formula is C40H32F2N4O7. The van der Waals surface area contributed by atoms with E-state index in [1.54, 1.807) is 52.5 Å². The number of hydrogen-bond donors (Lipinski definition) is 1. The summed E-state index contributed by atoms with van der Waals surface area (Å²) in [6.07, 6.45) is 5.24. The first-order valence-corrected chi connectivity index (χ1v) is 17.2. The highest BCUT2D eigenvalue weighted by Gasteiger charge is 2.28. The molecule has 2 aromatic heterocycles. The first-order valence-electron chi connectivity index (χ1n) is 17.2. The highest BCUT2D eigenvalue weighted by molar-refractivity contribution is 6.00. The molecule has 11 nitrogen and oxygen atoms in total. The van der Waals surface area contributed by atoms with E-state index in [2.05, 4.69) is 10.2 Å². The van der Waals surface area contributed by atoms with Crippen molar-refractivity contribution in [2.24, 2.45) is 0 Å². The van der Waals surface area contributed by atoms with Crippen LogP contribution in [0, 0.1) is 11.6 Å². The summed E-state index contributed by atoms with van der Waals surface area (Å²) in [5, 5.41) is 3.30. The molecule has 53 heavy (non-hydrogen) atoms. The third-order valence-corrected chi connectivity index (χ3v) is 9.47. The number of benzene rings is 4. The molecule has 1 amide bonds. The predicted octanol–water partition coefficient (Wildman–Crippen LogP) is 6.47. The monoisotopic (exact) mass is 718 g/mol. The van der Waals surface area contributed by atoms with Gasteiger partial charge in [-0.1, -0.05) is 24.3 Å². The number of carbonyl (C=O) groups is 2. The van der Waals surface area contributed by atoms with Gasteiger partial charge in [0.15, 0.2) is 34.6 Å². The molecule has 1 saturated heterocycles. The second kappa shape index (κ2) is 13.7. The van der Waals surface area contributed by atoms with Crippen molar-refractivity contribution in [3.63, 3.8) is 0 Å². The maximum absolute atomic E-state index is 14.4. The Morgan fingerprint density at radius 3 is 1.79 bits per heavy atom. The van der Waals surface area contributed by atoms with Crippen LogP contribution in [0.1, 0.15) is 40.5 Å². The molecule has 5 heterocycles. The molecule has 3 aliphatic heterocycles. The normalized spacial score (nSPS) is 13.6. The topological polar surface area (TPSA) is 121 Å². The number of nitrogens with one attached hydrogen (secondary N) is 1. The van der Waals surface area contributed by atoms with Gasteiger partial charge in [0, 0.05) is 25.5 Å². The maximum Gasteiger partial charge on any atom is 0.343 e. The number of esters is 1. The number of aromatic nitrogens is 2. The number of fused-ring (bicyclic) bond motifs is 4. The average molecular weight is 719 g/mol. The van der Waals surface area contributed by atoms with Gasteiger partial charge in [0.1, 0.15) is 22.2 Å². The molecule has 0 atom stereocenters. The van der Waals surface area contributed by atoms with Gasteiger partial charge in [-0.25, -0.2) is 13.6 Å². The molecule has 6 aromatic rings. The van der Waals surface area contributed by atoms with Crippen LogP contribution in [0.15, 0.2) is 94.8 Å². The van der Waals surface area contributed by atoms with E-state index in [1.165, 1.54) is 43.4 Å². The van der Waals surface area contributed by atoms with Crippen molar-refractivity contribution in [1.82, 2.24) is 19.4 Å². The Balaban J connectivity index is 0.000000154. The van der Waals surface area contributed by atoms with Crippen LogP contribution in [0.25, 0.3) is 33.2 Å². The predicted molar refractivity (Wildman–Crippen MR) is 193 cm³/mol. The van der Waals surface area contributed by atoms with E-state index in [4.69, 9.17) is 14.2 Å². The molecule has 0 spiro atoms. The number of amides is 1. The Kier molecular flexibility index (Phi) is 8.71. The summed E-state index contributed by atoms with van der Waals surface area (Å²) in [4.78, 5) is 52.8. The molecule has 0 unspecified atom stereocenters. The van der Waals surface area contributed by atoms with Crippen LogP contribution in [0.3, 0.4) is 0 Å². The van der Waals surface area contributed by atoms with Crippen LogP contribution < -0.4 is 25.6 Å². The minimum atomic E-state index is -0.706. The fourth-order valence-corrected chi connectivity index (χ4v) is 6.96. The van der Waals surface area contributed by atoms with Crippen molar-refractivity contribution in [3.05, 3.63) is 128 Å². The van der Waals surface area contributed by atoms with Crippen molar-refractivity contribution >= 4 is 33.7 Å². The van der Waals surface area contributed by atoms with Gasteiger partial charge in [-0.05, 0) is 81.4 Å². The summed E-state index contributed by atoms with van der Waals surface area (Å²) in [6, 6.07) is 19.3. The van der Waals surface area contributed by atoms with Crippen molar-refractivity contribution in [1.29, 1.82) is 0 Å². The number of pyridine rings is 2. The Labute approximate surface area is 300 Å². The lowest BCUT2D eigenvalue weighted by molar-refractivity contribution is 0.0524. The van der Waals surface area contributed by atoms with Gasteiger partial charge in [0.25, 0.3) is 5.91 Å². The summed E-state index contributed by atoms with van der Waals surface area (Å²) >= 11 is 0. The van der Waals surface area contributed by atoms with Crippen molar-refractivity contribution < 1.29 is 32.6 Å². The fraction of sp³-hybridized carbons (Fsp3) is 0.200. The highest BCUT2D eigenvalue weighted by Crippen LogP contribution is 2.42. The molecule has 0 aliphatic carbocycles. The van der Waals surface area contributed by atoms with Crippen LogP contribution in [0.4, 0.5) is 8.78 Å². The van der Waals surface area contributed by atoms with E-state index in [-0.39, 0.29) is 40.0 Å². The highest BCUT2D eigenvalue weighted by atomic mass is 19.1. The van der Waals surface area contributed by atoms with E-state index < -0.39 is 34.4 Å². The largest absolute Gasteiger partial charge is 0.462 e. The first kappa shape index (κ1) is 33.8. The molecule has 9 rings (SSSR count). The molecule has 4 aromatic carbocycles. The third-order valence-electron chi connectivity index (χ3n) is 9.47. The number of nitrogens with zero attached hydrogens (tertiary/aromatic N) is 3. The van der Waals surface area contributed by atoms with Crippen LogP contribution in [-0.2, 0) is 4.74 Å². The standard InChI is InChI=1S/C22H20FN3O3.C18H12FNO4/c23-16-8-7-14-19-21(16)29-18-6-2-1-5-17(18)26(19)13-15(20(14)27)22(28)24-9-12-25-10-3-4-11-25;1-2-23-18(22)11-9-20-13-5-3-4-6-14(13)24-17-12(19)8-7-10(15(17)20)16(11)21/h1-2,5-8,13H,3-4,9-12H2,(H,24,28);3-9H,2H2,1H3. The van der Waals surface area contributed by atoms with E-state index in [9.17, 15) is 28.0 Å². The number of rotatable bonds is 6. The zero-order valence-electron chi connectivity index (χ0n) is 28.5. The van der Waals surface area contributed by atoms with Crippen molar-refractivity contribution in [2.45, 2.75) is 19.8 Å². The lowest BCUT2D eigenvalue weighted by Gasteiger charge is -2.24. The zero-order chi connectivity index (χ0) is 36.8. The number of halogens is 2. The summed E-state index contributed by atoms with van der Waals surface area (Å²) in [5.41, 5.74) is 0.900. The maximum atomic E-state index is 14.4. The first-order chi connectivity index (χ1) is 25.7.